The van der Waals surface area contributed by atoms with Gasteiger partial charge in [-0.15, -0.1) is 5.10 Å². The molecule has 3 N–H and O–H groups in total. The van der Waals surface area contributed by atoms with E-state index in [2.05, 4.69) is 30.6 Å². The van der Waals surface area contributed by atoms with Gasteiger partial charge >= 0.3 is 6.18 Å². The molecule has 5 aromatic rings. The summed E-state index contributed by atoms with van der Waals surface area (Å²) in [6, 6.07) is 19.4. The van der Waals surface area contributed by atoms with Gasteiger partial charge in [-0.3, -0.25) is 4.79 Å². The number of ether oxygens (including phenoxy) is 1. The Labute approximate surface area is 305 Å². The predicted molar refractivity (Wildman–Crippen MR) is 192 cm³/mol. The number of hydrogen-bond acceptors (Lipinski definition) is 8. The van der Waals surface area contributed by atoms with E-state index < -0.39 is 21.9 Å². The van der Waals surface area contributed by atoms with Gasteiger partial charge in [-0.05, 0) is 104 Å². The van der Waals surface area contributed by atoms with E-state index in [1.807, 2.05) is 25.1 Å². The SMILES string of the molecule is Cc1ccc(-c2cc(C(F)(F)F)nn2-c2ccc(S(N)(=O)=O)cc2)cc1.O=C1CCc2cc(OCCCCc3nnnn3C3CCCCC3)ccc2N1. The van der Waals surface area contributed by atoms with Crippen LogP contribution in [0.15, 0.2) is 77.7 Å². The van der Waals surface area contributed by atoms with Crippen molar-refractivity contribution in [2.45, 2.75) is 88.2 Å². The van der Waals surface area contributed by atoms with Crippen molar-refractivity contribution in [3.63, 3.8) is 0 Å². The number of amides is 1. The summed E-state index contributed by atoms with van der Waals surface area (Å²) in [4.78, 5) is 11.3. The van der Waals surface area contributed by atoms with Crippen molar-refractivity contribution >= 4 is 21.6 Å². The van der Waals surface area contributed by atoms with Crippen LogP contribution in [0.4, 0.5) is 18.9 Å². The number of aromatic nitrogens is 6. The third kappa shape index (κ3) is 9.67. The van der Waals surface area contributed by atoms with Gasteiger partial charge in [0.05, 0.1) is 28.9 Å². The van der Waals surface area contributed by atoms with E-state index >= 15 is 0 Å². The molecule has 1 amide bonds. The molecule has 0 spiro atoms. The highest BCUT2D eigenvalue weighted by Crippen LogP contribution is 2.34. The molecule has 0 saturated heterocycles. The Balaban J connectivity index is 0.000000182. The first-order chi connectivity index (χ1) is 25.3. The number of primary sulfonamides is 1. The number of carbonyl (C=O) groups is 1. The van der Waals surface area contributed by atoms with Gasteiger partial charge in [-0.1, -0.05) is 49.1 Å². The number of benzene rings is 3. The summed E-state index contributed by atoms with van der Waals surface area (Å²) in [6.45, 7) is 2.55. The number of anilines is 1. The third-order valence-corrected chi connectivity index (χ3v) is 10.2. The normalized spacial score (nSPS) is 14.9. The van der Waals surface area contributed by atoms with Crippen molar-refractivity contribution in [1.29, 1.82) is 0 Å². The highest BCUT2D eigenvalue weighted by atomic mass is 32.2. The molecule has 7 rings (SSSR count). The fraction of sp³-hybridized carbons (Fsp3) is 0.378. The molecular weight excluding hydrogens is 710 g/mol. The summed E-state index contributed by atoms with van der Waals surface area (Å²) in [5, 5.41) is 23.9. The fourth-order valence-corrected chi connectivity index (χ4v) is 6.95. The number of aryl methyl sites for hydroxylation is 3. The second-order valence-electron chi connectivity index (χ2n) is 13.2. The second-order valence-corrected chi connectivity index (χ2v) is 14.8. The van der Waals surface area contributed by atoms with E-state index in [1.165, 1.54) is 56.4 Å². The lowest BCUT2D eigenvalue weighted by Gasteiger charge is -2.22. The summed E-state index contributed by atoms with van der Waals surface area (Å²) >= 11 is 0. The maximum atomic E-state index is 13.1. The summed E-state index contributed by atoms with van der Waals surface area (Å²) in [5.41, 5.74) is 3.06. The molecule has 1 saturated carbocycles. The van der Waals surface area contributed by atoms with Crippen LogP contribution in [0.25, 0.3) is 16.9 Å². The summed E-state index contributed by atoms with van der Waals surface area (Å²) in [6.07, 6.45) is 5.87. The van der Waals surface area contributed by atoms with Gasteiger partial charge in [0, 0.05) is 24.1 Å². The van der Waals surface area contributed by atoms with Crippen molar-refractivity contribution in [1.82, 2.24) is 30.0 Å². The van der Waals surface area contributed by atoms with Crippen molar-refractivity contribution in [2.75, 3.05) is 11.9 Å². The Morgan fingerprint density at radius 1 is 0.943 bits per heavy atom. The van der Waals surface area contributed by atoms with Gasteiger partial charge in [-0.25, -0.2) is 22.9 Å². The number of nitrogens with zero attached hydrogens (tertiary/aromatic N) is 6. The maximum absolute atomic E-state index is 13.1. The van der Waals surface area contributed by atoms with Gasteiger partial charge in [0.15, 0.2) is 11.5 Å². The number of hydrogen-bond donors (Lipinski definition) is 2. The van der Waals surface area contributed by atoms with Gasteiger partial charge in [0.25, 0.3) is 0 Å². The Hall–Kier alpha value is -5.09. The smallest absolute Gasteiger partial charge is 0.435 e. The number of carbonyl (C=O) groups excluding carboxylic acids is 1. The zero-order valence-corrected chi connectivity index (χ0v) is 30.0. The lowest BCUT2D eigenvalue weighted by Crippen LogP contribution is -2.18. The Morgan fingerprint density at radius 3 is 2.38 bits per heavy atom. The first-order valence-corrected chi connectivity index (χ1v) is 19.1. The van der Waals surface area contributed by atoms with Gasteiger partial charge in [0.2, 0.25) is 15.9 Å². The average Bonchev–Trinajstić information content (AvgIpc) is 3.81. The lowest BCUT2D eigenvalue weighted by molar-refractivity contribution is -0.141. The van der Waals surface area contributed by atoms with Gasteiger partial charge in [0.1, 0.15) is 5.75 Å². The summed E-state index contributed by atoms with van der Waals surface area (Å²) in [5.74, 6) is 1.97. The van der Waals surface area contributed by atoms with Crippen LogP contribution in [0.5, 0.6) is 5.75 Å². The number of halogens is 3. The molecule has 0 radical (unpaired) electrons. The largest absolute Gasteiger partial charge is 0.494 e. The number of fused-ring (bicyclic) bond motifs is 1. The molecule has 1 aliphatic carbocycles. The molecular formula is C37H41F3N8O4S. The van der Waals surface area contributed by atoms with E-state index in [-0.39, 0.29) is 22.2 Å². The zero-order valence-electron chi connectivity index (χ0n) is 29.2. The quantitative estimate of drug-likeness (QED) is 0.145. The minimum Gasteiger partial charge on any atom is -0.494 e. The van der Waals surface area contributed by atoms with Gasteiger partial charge < -0.3 is 10.1 Å². The number of nitrogens with two attached hydrogens (primary N) is 1. The topological polar surface area (TPSA) is 160 Å². The van der Waals surface area contributed by atoms with Crippen LogP contribution in [-0.2, 0) is 33.8 Å². The predicted octanol–water partition coefficient (Wildman–Crippen LogP) is 6.98. The van der Waals surface area contributed by atoms with Crippen molar-refractivity contribution in [2.24, 2.45) is 5.14 Å². The molecule has 16 heteroatoms. The molecule has 1 fully saturated rings. The van der Waals surface area contributed by atoms with E-state index in [0.29, 0.717) is 24.6 Å². The molecule has 12 nitrogen and oxygen atoms in total. The minimum absolute atomic E-state index is 0.0896. The van der Waals surface area contributed by atoms with E-state index in [0.717, 1.165) is 64.8 Å². The number of tetrazole rings is 1. The van der Waals surface area contributed by atoms with Crippen molar-refractivity contribution in [3.05, 3.63) is 95.4 Å². The molecule has 3 aromatic carbocycles. The molecule has 53 heavy (non-hydrogen) atoms. The van der Waals surface area contributed by atoms with Crippen molar-refractivity contribution in [3.8, 4) is 22.7 Å². The highest BCUT2D eigenvalue weighted by molar-refractivity contribution is 7.89. The Bertz CT molecular complexity index is 2130. The molecule has 0 bridgehead atoms. The van der Waals surface area contributed by atoms with E-state index in [1.54, 1.807) is 24.3 Å². The molecule has 0 atom stereocenters. The molecule has 2 aromatic heterocycles. The van der Waals surface area contributed by atoms with Crippen LogP contribution in [0.3, 0.4) is 0 Å². The zero-order chi connectivity index (χ0) is 37.6. The van der Waals surface area contributed by atoms with Gasteiger partial charge in [-0.2, -0.15) is 18.3 Å². The molecule has 3 heterocycles. The average molecular weight is 751 g/mol. The lowest BCUT2D eigenvalue weighted by atomic mass is 9.95. The van der Waals surface area contributed by atoms with Crippen LogP contribution in [0.2, 0.25) is 0 Å². The van der Waals surface area contributed by atoms with E-state index in [4.69, 9.17) is 9.88 Å². The van der Waals surface area contributed by atoms with E-state index in [9.17, 15) is 26.4 Å². The van der Waals surface area contributed by atoms with Crippen LogP contribution < -0.4 is 15.2 Å². The molecule has 280 valence electrons. The molecule has 1 aliphatic heterocycles. The first kappa shape index (κ1) is 37.7. The Kier molecular flexibility index (Phi) is 11.6. The first-order valence-electron chi connectivity index (χ1n) is 17.5. The Morgan fingerprint density at radius 2 is 1.68 bits per heavy atom. The van der Waals surface area contributed by atoms with Crippen LogP contribution in [0.1, 0.15) is 80.1 Å². The monoisotopic (exact) mass is 750 g/mol. The standard InChI is InChI=1S/C20H27N5O2.C17H14F3N3O2S/c26-20-12-9-15-14-17(10-11-18(15)21-20)27-13-5-4-8-19-22-23-24-25(19)16-6-2-1-3-7-16;1-11-2-4-12(5-3-11)15-10-16(17(18,19)20)22-23(15)13-6-8-14(9-7-13)26(21,24)25/h10-11,14,16H,1-9,12-13H2,(H,21,26);2-10H,1H3,(H2,21,24,25). The molecule has 2 aliphatic rings. The maximum Gasteiger partial charge on any atom is 0.435 e. The van der Waals surface area contributed by atoms with Crippen LogP contribution in [0, 0.1) is 6.92 Å². The number of sulfonamides is 1. The summed E-state index contributed by atoms with van der Waals surface area (Å²) < 4.78 is 71.1. The van der Waals surface area contributed by atoms with Crippen molar-refractivity contribution < 1.29 is 31.1 Å². The number of nitrogens with one attached hydrogen (secondary N) is 1. The van der Waals surface area contributed by atoms with Crippen LogP contribution >= 0.6 is 0 Å². The fourth-order valence-electron chi connectivity index (χ4n) is 6.43. The second kappa shape index (κ2) is 16.3. The number of unbranched alkanes of at least 4 members (excludes halogenated alkanes) is 1. The number of alkyl halides is 3. The minimum atomic E-state index is -4.61. The highest BCUT2D eigenvalue weighted by Gasteiger charge is 2.35. The molecule has 0 unspecified atom stereocenters. The number of rotatable bonds is 10. The summed E-state index contributed by atoms with van der Waals surface area (Å²) in [7, 11) is -3.90. The third-order valence-electron chi connectivity index (χ3n) is 9.27. The van der Waals surface area contributed by atoms with Crippen LogP contribution in [-0.4, -0.2) is 50.9 Å².